The Hall–Kier alpha value is -1.54. The van der Waals surface area contributed by atoms with E-state index in [1.165, 1.54) is 0 Å². The van der Waals surface area contributed by atoms with E-state index in [2.05, 4.69) is 4.98 Å². The van der Waals surface area contributed by atoms with Crippen LogP contribution in [0.4, 0.5) is 5.69 Å². The molecule has 0 spiro atoms. The van der Waals surface area contributed by atoms with Crippen LogP contribution in [0.5, 0.6) is 0 Å². The lowest BCUT2D eigenvalue weighted by molar-refractivity contribution is 1.33. The molecule has 1 aromatic heterocycles. The van der Waals surface area contributed by atoms with Crippen LogP contribution < -0.4 is 5.73 Å². The third kappa shape index (κ3) is 1.56. The highest BCUT2D eigenvalue weighted by atomic mass is 35.5. The smallest absolute Gasteiger partial charge is 0.136 e. The number of benzene rings is 1. The Morgan fingerprint density at radius 2 is 1.71 bits per heavy atom. The van der Waals surface area contributed by atoms with Crippen LogP contribution in [-0.2, 0) is 0 Å². The summed E-state index contributed by atoms with van der Waals surface area (Å²) in [6, 6.07) is 11.3. The third-order valence-electron chi connectivity index (χ3n) is 2.01. The molecular weight excluding hydrogens is 196 g/mol. The first-order chi connectivity index (χ1) is 6.79. The summed E-state index contributed by atoms with van der Waals surface area (Å²) in [4.78, 5) is 4.01. The second-order valence-corrected chi connectivity index (χ2v) is 3.29. The van der Waals surface area contributed by atoms with Gasteiger partial charge in [0, 0.05) is 23.0 Å². The Kier molecular flexibility index (Phi) is 2.37. The van der Waals surface area contributed by atoms with Gasteiger partial charge in [-0.15, -0.1) is 0 Å². The monoisotopic (exact) mass is 204 g/mol. The Bertz CT molecular complexity index is 411. The number of nitrogen functional groups attached to an aromatic ring is 1. The van der Waals surface area contributed by atoms with Crippen LogP contribution in [0.3, 0.4) is 0 Å². The molecule has 2 aromatic rings. The maximum atomic E-state index is 5.96. The molecule has 0 atom stereocenters. The molecule has 14 heavy (non-hydrogen) atoms. The number of halogens is 1. The fourth-order valence-corrected chi connectivity index (χ4v) is 1.55. The van der Waals surface area contributed by atoms with E-state index in [-0.39, 0.29) is 0 Å². The molecule has 1 aromatic carbocycles. The average molecular weight is 205 g/mol. The van der Waals surface area contributed by atoms with Crippen LogP contribution in [-0.4, -0.2) is 4.98 Å². The van der Waals surface area contributed by atoms with Crippen LogP contribution in [0.15, 0.2) is 42.6 Å². The highest BCUT2D eigenvalue weighted by Crippen LogP contribution is 2.29. The van der Waals surface area contributed by atoms with E-state index < -0.39 is 0 Å². The zero-order valence-corrected chi connectivity index (χ0v) is 8.20. The molecule has 0 unspecified atom stereocenters. The summed E-state index contributed by atoms with van der Waals surface area (Å²) in [5, 5.41) is 0.477. The van der Waals surface area contributed by atoms with E-state index in [9.17, 15) is 0 Å². The third-order valence-corrected chi connectivity index (χ3v) is 2.31. The normalized spacial score (nSPS) is 10.1. The van der Waals surface area contributed by atoms with Gasteiger partial charge in [-0.1, -0.05) is 29.8 Å². The Morgan fingerprint density at radius 3 is 2.43 bits per heavy atom. The van der Waals surface area contributed by atoms with E-state index in [1.807, 2.05) is 36.4 Å². The number of rotatable bonds is 1. The molecule has 0 amide bonds. The van der Waals surface area contributed by atoms with Gasteiger partial charge in [-0.25, -0.2) is 4.98 Å². The fraction of sp³-hybridized carbons (Fsp3) is 0. The summed E-state index contributed by atoms with van der Waals surface area (Å²) in [7, 11) is 0. The minimum atomic E-state index is 0.477. The molecule has 70 valence electrons. The molecular formula is C11H9ClN2. The van der Waals surface area contributed by atoms with Crippen molar-refractivity contribution >= 4 is 17.3 Å². The fourth-order valence-electron chi connectivity index (χ4n) is 1.33. The predicted octanol–water partition coefficient (Wildman–Crippen LogP) is 2.98. The van der Waals surface area contributed by atoms with E-state index in [0.717, 1.165) is 11.1 Å². The topological polar surface area (TPSA) is 38.9 Å². The molecule has 1 heterocycles. The standard InChI is InChI=1S/C11H9ClN2/c12-11-9(5-3-7-14-11)8-4-1-2-6-10(8)13/h1-7H,13H2. The first-order valence-electron chi connectivity index (χ1n) is 4.24. The predicted molar refractivity (Wildman–Crippen MR) is 59.1 cm³/mol. The lowest BCUT2D eigenvalue weighted by Gasteiger charge is -2.05. The Morgan fingerprint density at radius 1 is 1.00 bits per heavy atom. The van der Waals surface area contributed by atoms with Gasteiger partial charge < -0.3 is 5.73 Å². The van der Waals surface area contributed by atoms with Crippen molar-refractivity contribution in [1.29, 1.82) is 0 Å². The molecule has 0 saturated heterocycles. The summed E-state index contributed by atoms with van der Waals surface area (Å²) < 4.78 is 0. The number of para-hydroxylation sites is 1. The van der Waals surface area contributed by atoms with E-state index >= 15 is 0 Å². The molecule has 0 radical (unpaired) electrons. The van der Waals surface area contributed by atoms with Crippen molar-refractivity contribution < 1.29 is 0 Å². The summed E-state index contributed by atoms with van der Waals surface area (Å²) >= 11 is 5.96. The van der Waals surface area contributed by atoms with Gasteiger partial charge >= 0.3 is 0 Å². The molecule has 0 bridgehead atoms. The van der Waals surface area contributed by atoms with Crippen molar-refractivity contribution in [1.82, 2.24) is 4.98 Å². The van der Waals surface area contributed by atoms with Crippen molar-refractivity contribution in [3.8, 4) is 11.1 Å². The second-order valence-electron chi connectivity index (χ2n) is 2.93. The molecule has 2 N–H and O–H groups in total. The van der Waals surface area contributed by atoms with Crippen molar-refractivity contribution in [3.63, 3.8) is 0 Å². The first-order valence-corrected chi connectivity index (χ1v) is 4.62. The van der Waals surface area contributed by atoms with Crippen LogP contribution >= 0.6 is 11.6 Å². The summed E-state index contributed by atoms with van der Waals surface area (Å²) in [5.41, 5.74) is 8.34. The first kappa shape index (κ1) is 9.03. The molecule has 0 aliphatic rings. The SMILES string of the molecule is Nc1ccccc1-c1cccnc1Cl. The van der Waals surface area contributed by atoms with Crippen LogP contribution in [0.1, 0.15) is 0 Å². The average Bonchev–Trinajstić information content (AvgIpc) is 2.20. The Balaban J connectivity index is 2.61. The molecule has 3 heteroatoms. The number of nitrogens with two attached hydrogens (primary N) is 1. The summed E-state index contributed by atoms with van der Waals surface area (Å²) in [6.45, 7) is 0. The van der Waals surface area contributed by atoms with Gasteiger partial charge in [0.1, 0.15) is 5.15 Å². The van der Waals surface area contributed by atoms with E-state index in [4.69, 9.17) is 17.3 Å². The largest absolute Gasteiger partial charge is 0.398 e. The van der Waals surface area contributed by atoms with Gasteiger partial charge in [0.2, 0.25) is 0 Å². The molecule has 2 rings (SSSR count). The summed E-state index contributed by atoms with van der Waals surface area (Å²) in [6.07, 6.45) is 1.66. The number of hydrogen-bond acceptors (Lipinski definition) is 2. The number of hydrogen-bond donors (Lipinski definition) is 1. The summed E-state index contributed by atoms with van der Waals surface area (Å²) in [5.74, 6) is 0. The number of pyridine rings is 1. The minimum absolute atomic E-state index is 0.477. The molecule has 0 fully saturated rings. The maximum absolute atomic E-state index is 5.96. The second kappa shape index (κ2) is 3.68. The van der Waals surface area contributed by atoms with Crippen molar-refractivity contribution in [2.75, 3.05) is 5.73 Å². The maximum Gasteiger partial charge on any atom is 0.136 e. The van der Waals surface area contributed by atoms with Gasteiger partial charge in [-0.05, 0) is 18.2 Å². The van der Waals surface area contributed by atoms with Gasteiger partial charge in [-0.3, -0.25) is 0 Å². The lowest BCUT2D eigenvalue weighted by atomic mass is 10.1. The minimum Gasteiger partial charge on any atom is -0.398 e. The van der Waals surface area contributed by atoms with Gasteiger partial charge in [0.05, 0.1) is 0 Å². The quantitative estimate of drug-likeness (QED) is 0.573. The van der Waals surface area contributed by atoms with Gasteiger partial charge in [0.15, 0.2) is 0 Å². The number of nitrogens with zero attached hydrogens (tertiary/aromatic N) is 1. The van der Waals surface area contributed by atoms with Crippen LogP contribution in [0, 0.1) is 0 Å². The zero-order chi connectivity index (χ0) is 9.97. The van der Waals surface area contributed by atoms with Gasteiger partial charge in [0.25, 0.3) is 0 Å². The molecule has 0 aliphatic carbocycles. The van der Waals surface area contributed by atoms with Crippen molar-refractivity contribution in [2.45, 2.75) is 0 Å². The molecule has 2 nitrogen and oxygen atoms in total. The molecule has 0 saturated carbocycles. The highest BCUT2D eigenvalue weighted by molar-refractivity contribution is 6.32. The number of aromatic nitrogens is 1. The van der Waals surface area contributed by atoms with Crippen LogP contribution in [0.25, 0.3) is 11.1 Å². The van der Waals surface area contributed by atoms with E-state index in [1.54, 1.807) is 6.20 Å². The lowest BCUT2D eigenvalue weighted by Crippen LogP contribution is -1.90. The van der Waals surface area contributed by atoms with Crippen molar-refractivity contribution in [3.05, 3.63) is 47.7 Å². The van der Waals surface area contributed by atoms with E-state index in [0.29, 0.717) is 10.8 Å². The number of anilines is 1. The zero-order valence-electron chi connectivity index (χ0n) is 7.44. The molecule has 0 aliphatic heterocycles. The van der Waals surface area contributed by atoms with Crippen LogP contribution in [0.2, 0.25) is 5.15 Å². The van der Waals surface area contributed by atoms with Gasteiger partial charge in [-0.2, -0.15) is 0 Å². The highest BCUT2D eigenvalue weighted by Gasteiger charge is 2.05. The Labute approximate surface area is 87.4 Å². The van der Waals surface area contributed by atoms with Crippen molar-refractivity contribution in [2.24, 2.45) is 0 Å².